The lowest BCUT2D eigenvalue weighted by atomic mass is 9.84. The third-order valence-electron chi connectivity index (χ3n) is 12.0. The molecule has 2 aromatic heterocycles. The quantitative estimate of drug-likeness (QED) is 0.0174. The molecule has 5 heterocycles. The van der Waals surface area contributed by atoms with E-state index in [2.05, 4.69) is 39.7 Å². The van der Waals surface area contributed by atoms with Gasteiger partial charge in [0.2, 0.25) is 6.20 Å². The van der Waals surface area contributed by atoms with E-state index >= 15 is 0 Å². The molecule has 25 nitrogen and oxygen atoms in total. The molecule has 2 fully saturated rings. The molecule has 430 valence electrons. The Morgan fingerprint density at radius 1 is 0.897 bits per heavy atom. The molecule has 0 aliphatic carbocycles. The zero-order valence-corrected chi connectivity index (χ0v) is 48.6. The average molecular weight is 1130 g/mol. The van der Waals surface area contributed by atoms with Crippen molar-refractivity contribution in [2.24, 2.45) is 11.1 Å². The number of carbonyl (C=O) groups is 6. The van der Waals surface area contributed by atoms with Crippen molar-refractivity contribution in [1.29, 1.82) is 0 Å². The number of benzene rings is 1. The zero-order valence-electron chi connectivity index (χ0n) is 46.9. The molecule has 0 radical (unpaired) electrons. The van der Waals surface area contributed by atoms with Gasteiger partial charge in [-0.25, -0.2) is 24.2 Å². The number of carbonyl (C=O) groups excluding carboxylic acids is 6. The smallest absolute Gasteiger partial charge is 0.418 e. The third kappa shape index (κ3) is 16.0. The van der Waals surface area contributed by atoms with Gasteiger partial charge in [-0.2, -0.15) is 18.2 Å². The number of nitrogens with one attached hydrogen (secondary N) is 3. The Morgan fingerprint density at radius 2 is 1.53 bits per heavy atom. The summed E-state index contributed by atoms with van der Waals surface area (Å²) in [4.78, 5) is 91.7. The number of fused-ring (bicyclic) bond motifs is 1. The molecule has 2 saturated heterocycles. The van der Waals surface area contributed by atoms with E-state index in [1.165, 1.54) is 26.2 Å². The van der Waals surface area contributed by atoms with Crippen molar-refractivity contribution in [3.8, 4) is 16.9 Å². The van der Waals surface area contributed by atoms with Gasteiger partial charge in [-0.15, -0.1) is 20.3 Å². The first-order valence-electron chi connectivity index (χ1n) is 25.4. The van der Waals surface area contributed by atoms with Crippen LogP contribution in [0.25, 0.3) is 11.1 Å². The van der Waals surface area contributed by atoms with E-state index in [0.717, 1.165) is 28.0 Å². The highest BCUT2D eigenvalue weighted by Crippen LogP contribution is 2.38. The second kappa shape index (κ2) is 22.6. The first-order valence-corrected chi connectivity index (χ1v) is 27.7. The number of hydroxylamine groups is 2. The Bertz CT molecular complexity index is 2900. The number of oxime groups is 1. The predicted octanol–water partition coefficient (Wildman–Crippen LogP) is 6.08. The number of hydrogen-bond acceptors (Lipinski definition) is 18. The Hall–Kier alpha value is -6.58. The summed E-state index contributed by atoms with van der Waals surface area (Å²) in [6.45, 7) is 27.6. The lowest BCUT2D eigenvalue weighted by molar-refractivity contribution is -0.781. The molecule has 5 amide bonds. The number of rotatable bonds is 17. The van der Waals surface area contributed by atoms with Crippen LogP contribution in [0, 0.1) is 5.92 Å². The van der Waals surface area contributed by atoms with Gasteiger partial charge in [-0.05, 0) is 146 Å². The van der Waals surface area contributed by atoms with Crippen molar-refractivity contribution in [2.75, 3.05) is 25.0 Å². The van der Waals surface area contributed by atoms with Gasteiger partial charge in [-0.1, -0.05) is 11.2 Å². The number of thiazole rings is 1. The van der Waals surface area contributed by atoms with E-state index in [1.807, 2.05) is 45.3 Å². The summed E-state index contributed by atoms with van der Waals surface area (Å²) in [5.41, 5.74) is -4.88. The minimum atomic E-state index is -5.12. The summed E-state index contributed by atoms with van der Waals surface area (Å²) in [7, 11) is -5.12. The van der Waals surface area contributed by atoms with Crippen molar-refractivity contribution in [1.82, 2.24) is 30.3 Å². The number of alkyl carbamates (subject to hydrolysis) is 1. The normalized spacial score (nSPS) is 18.7. The summed E-state index contributed by atoms with van der Waals surface area (Å²) >= 11 is 0.896. The minimum Gasteiger partial charge on any atom is -0.485 e. The molecule has 3 aliphatic rings. The summed E-state index contributed by atoms with van der Waals surface area (Å²) in [5.74, 6) is -2.40. The highest BCUT2D eigenvalue weighted by molar-refractivity contribution is 7.80. The van der Waals surface area contributed by atoms with Crippen LogP contribution >= 0.6 is 11.3 Å². The van der Waals surface area contributed by atoms with Gasteiger partial charge in [0.1, 0.15) is 39.9 Å². The monoisotopic (exact) mass is 1130 g/mol. The van der Waals surface area contributed by atoms with Crippen molar-refractivity contribution >= 4 is 68.6 Å². The SMILES string of the molecule is CC(C)(C)OC(=O)NCCCn1cc(-c2ccc3c(c2)CCC(C(C)(O/N=C(\C(=O)NC2C(=O)N(OS(=O)(=O)O)C2(C)C)c2csc(NC(=O)OC(C)(C)C)n2)C(=O)OC(C)(C)C)O3)c[n+]1CC1CN(C(=O)OC(C)(C)C)C1. The lowest BCUT2D eigenvalue weighted by Crippen LogP contribution is -2.76. The topological polar surface area (TPSA) is 298 Å². The summed E-state index contributed by atoms with van der Waals surface area (Å²) in [6.07, 6.45) is 2.46. The number of aryl methyl sites for hydroxylation is 2. The second-order valence-corrected chi connectivity index (χ2v) is 25.9. The van der Waals surface area contributed by atoms with Gasteiger partial charge < -0.3 is 44.1 Å². The largest absolute Gasteiger partial charge is 0.485 e. The van der Waals surface area contributed by atoms with Crippen LogP contribution in [0.15, 0.2) is 41.1 Å². The minimum absolute atomic E-state index is 0.0157. The fourth-order valence-electron chi connectivity index (χ4n) is 8.33. The average Bonchev–Trinajstić information content (AvgIpc) is 3.90. The van der Waals surface area contributed by atoms with Crippen LogP contribution in [-0.2, 0) is 72.4 Å². The van der Waals surface area contributed by atoms with Gasteiger partial charge in [0.05, 0.1) is 29.8 Å². The summed E-state index contributed by atoms with van der Waals surface area (Å²) in [5, 5.41) is 13.7. The molecule has 4 N–H and O–H groups in total. The van der Waals surface area contributed by atoms with E-state index in [0.29, 0.717) is 56.4 Å². The van der Waals surface area contributed by atoms with Crippen molar-refractivity contribution < 1.29 is 79.2 Å². The number of likely N-dealkylation sites (tertiary alicyclic amines) is 1. The van der Waals surface area contributed by atoms with E-state index in [-0.39, 0.29) is 29.3 Å². The van der Waals surface area contributed by atoms with Gasteiger partial charge in [0.15, 0.2) is 23.5 Å². The zero-order chi connectivity index (χ0) is 58.1. The Labute approximate surface area is 458 Å². The van der Waals surface area contributed by atoms with Crippen molar-refractivity contribution in [3.05, 3.63) is 47.2 Å². The number of β-lactam (4-membered cyclic amide) rings is 1. The van der Waals surface area contributed by atoms with Crippen molar-refractivity contribution in [3.63, 3.8) is 0 Å². The number of esters is 1. The van der Waals surface area contributed by atoms with Crippen LogP contribution in [0.2, 0.25) is 0 Å². The molecule has 0 bridgehead atoms. The number of amides is 5. The molecule has 0 spiro atoms. The number of anilines is 1. The molecule has 3 unspecified atom stereocenters. The molecular weight excluding hydrogens is 1060 g/mol. The number of aromatic nitrogens is 3. The number of hydrogen-bond donors (Lipinski definition) is 4. The van der Waals surface area contributed by atoms with Gasteiger partial charge >= 0.3 is 34.6 Å². The van der Waals surface area contributed by atoms with Crippen LogP contribution in [-0.4, -0.2) is 140 Å². The van der Waals surface area contributed by atoms with Crippen LogP contribution < -0.4 is 25.4 Å². The maximum Gasteiger partial charge on any atom is 0.418 e. The highest BCUT2D eigenvalue weighted by Gasteiger charge is 2.58. The number of nitrogens with zero attached hydrogens (tertiary/aromatic N) is 6. The Morgan fingerprint density at radius 3 is 2.13 bits per heavy atom. The fourth-order valence-corrected chi connectivity index (χ4v) is 9.47. The van der Waals surface area contributed by atoms with Crippen molar-refractivity contribution in [2.45, 2.75) is 182 Å². The predicted molar refractivity (Wildman–Crippen MR) is 282 cm³/mol. The van der Waals surface area contributed by atoms with Crippen LogP contribution in [0.5, 0.6) is 5.75 Å². The standard InChI is InChI=1S/C51H73N9O16S2/c1-46(2,3)71-41(63)51(15,75-56-37(34-29-77-42(53-34)55-44(65)73-48(7,8)9)39(61)54-38-40(62)60(50(38,13)14)76-78(67,68)69)36-20-18-32-23-31(17-19-35(32)70-36)33-27-58(22-16-21-52-43(64)72-47(4,5)6)59(28-33)26-30-24-57(25-30)45(66)74-49(10,11)12/h17,19,23,27-30,36,38H,16,18,20-22,24-26H2,1-15H3,(H3-,52,53,54,55,61,64,65,67,68,69)/p+1/b56-37-. The van der Waals surface area contributed by atoms with E-state index in [1.54, 1.807) is 73.3 Å². The molecular formula is C51H74N9O16S2+. The molecule has 6 rings (SSSR count). The van der Waals surface area contributed by atoms with Crippen LogP contribution in [0.1, 0.15) is 128 Å². The highest BCUT2D eigenvalue weighted by atomic mass is 32.3. The summed E-state index contributed by atoms with van der Waals surface area (Å²) < 4.78 is 69.7. The molecule has 0 saturated carbocycles. The lowest BCUT2D eigenvalue weighted by Gasteiger charge is -2.50. The maximum atomic E-state index is 14.4. The molecule has 78 heavy (non-hydrogen) atoms. The van der Waals surface area contributed by atoms with Gasteiger partial charge in [0.25, 0.3) is 17.4 Å². The van der Waals surface area contributed by atoms with Crippen LogP contribution in [0.4, 0.5) is 19.5 Å². The molecule has 1 aromatic carbocycles. The first-order chi connectivity index (χ1) is 35.8. The van der Waals surface area contributed by atoms with Gasteiger partial charge in [-0.3, -0.25) is 19.5 Å². The molecule has 27 heteroatoms. The third-order valence-corrected chi connectivity index (χ3v) is 13.1. The van der Waals surface area contributed by atoms with Gasteiger partial charge in [0, 0.05) is 25.0 Å². The Kier molecular flexibility index (Phi) is 17.6. The van der Waals surface area contributed by atoms with E-state index < -0.39 is 91.8 Å². The fraction of sp³-hybridized carbons (Fsp3) is 0.627. The molecule has 3 aromatic rings. The Balaban J connectivity index is 1.27. The molecule has 3 atom stereocenters. The number of ether oxygens (including phenoxy) is 5. The van der Waals surface area contributed by atoms with E-state index in [9.17, 15) is 41.7 Å². The maximum absolute atomic E-state index is 14.4. The molecule has 3 aliphatic heterocycles. The second-order valence-electron chi connectivity index (χ2n) is 24.0. The van der Waals surface area contributed by atoms with E-state index in [4.69, 9.17) is 28.5 Å². The van der Waals surface area contributed by atoms with Crippen LogP contribution in [0.3, 0.4) is 0 Å². The first kappa shape index (κ1) is 60.6. The summed E-state index contributed by atoms with van der Waals surface area (Å²) in [6, 6.07) is 4.24.